The fourth-order valence-electron chi connectivity index (χ4n) is 4.87. The van der Waals surface area contributed by atoms with Gasteiger partial charge in [0.1, 0.15) is 29.3 Å². The number of nitrogens with one attached hydrogen (secondary N) is 2. The molecule has 3 unspecified atom stereocenters. The second kappa shape index (κ2) is 13.3. The summed E-state index contributed by atoms with van der Waals surface area (Å²) < 4.78 is 84.5. The smallest absolute Gasteiger partial charge is 0.384 e. The Kier molecular flexibility index (Phi) is 9.91. The zero-order valence-corrected chi connectivity index (χ0v) is 24.8. The number of hydrogen-bond donors (Lipinski definition) is 3. The van der Waals surface area contributed by atoms with E-state index in [0.717, 1.165) is 28.9 Å². The van der Waals surface area contributed by atoms with Gasteiger partial charge in [0.2, 0.25) is 5.91 Å². The molecule has 0 radical (unpaired) electrons. The lowest BCUT2D eigenvalue weighted by molar-refractivity contribution is -0.142. The van der Waals surface area contributed by atoms with Crippen molar-refractivity contribution in [1.29, 1.82) is 5.41 Å². The van der Waals surface area contributed by atoms with Crippen LogP contribution in [-0.4, -0.2) is 39.5 Å². The van der Waals surface area contributed by atoms with Gasteiger partial charge in [0.15, 0.2) is 5.69 Å². The minimum Gasteiger partial charge on any atom is -0.384 e. The molecule has 1 saturated heterocycles. The van der Waals surface area contributed by atoms with Gasteiger partial charge in [-0.05, 0) is 73.7 Å². The topological polar surface area (TPSA) is 109 Å². The standard InChI is InChI=1S/C30H30F6N6OS/c1-4-23(42-24(25-14-44-25)13-26(41-42)30(34,35)36)29(43)40-22(10-16-8-18(31)12-19(32)9-16)27(39-5-2)15(3)17-6-7-21(33)20(11-17)28(37)38/h5-9,11-13,22-23,25H,4,10,14H2,1-3H3,(H3,37,38)(H,40,43)/b27-15+,39-5?. The molecule has 14 heteroatoms. The number of halogens is 6. The van der Waals surface area contributed by atoms with Crippen molar-refractivity contribution >= 4 is 35.3 Å². The number of carbonyl (C=O) groups is 1. The van der Waals surface area contributed by atoms with E-state index in [0.29, 0.717) is 23.0 Å². The first kappa shape index (κ1) is 32.8. The van der Waals surface area contributed by atoms with E-state index < -0.39 is 53.1 Å². The Labute approximate surface area is 254 Å². The summed E-state index contributed by atoms with van der Waals surface area (Å²) in [6.45, 7) is 4.87. The van der Waals surface area contributed by atoms with Gasteiger partial charge in [-0.15, -0.1) is 11.8 Å². The van der Waals surface area contributed by atoms with Gasteiger partial charge in [-0.1, -0.05) is 13.0 Å². The quantitative estimate of drug-likeness (QED) is 0.0955. The molecule has 1 aromatic heterocycles. The number of alkyl halides is 3. The highest BCUT2D eigenvalue weighted by molar-refractivity contribution is 8.06. The highest BCUT2D eigenvalue weighted by atomic mass is 32.2. The molecule has 7 nitrogen and oxygen atoms in total. The van der Waals surface area contributed by atoms with Crippen LogP contribution in [0.3, 0.4) is 0 Å². The van der Waals surface area contributed by atoms with Gasteiger partial charge in [0.05, 0.1) is 28.2 Å². The summed E-state index contributed by atoms with van der Waals surface area (Å²) in [6, 6.07) is 5.55. The van der Waals surface area contributed by atoms with Gasteiger partial charge >= 0.3 is 6.18 Å². The van der Waals surface area contributed by atoms with Crippen LogP contribution in [-0.2, 0) is 17.4 Å². The second-order valence-corrected chi connectivity index (χ2v) is 11.4. The first-order chi connectivity index (χ1) is 20.7. The largest absolute Gasteiger partial charge is 0.435 e. The molecule has 2 heterocycles. The first-order valence-electron chi connectivity index (χ1n) is 13.6. The average molecular weight is 637 g/mol. The van der Waals surface area contributed by atoms with Crippen LogP contribution in [0.4, 0.5) is 26.3 Å². The van der Waals surface area contributed by atoms with Crippen molar-refractivity contribution in [2.75, 3.05) is 5.75 Å². The van der Waals surface area contributed by atoms with E-state index in [4.69, 9.17) is 11.1 Å². The summed E-state index contributed by atoms with van der Waals surface area (Å²) in [5.74, 6) is -3.01. The molecule has 234 valence electrons. The summed E-state index contributed by atoms with van der Waals surface area (Å²) in [6.07, 6.45) is -3.34. The number of amides is 1. The minimum atomic E-state index is -4.71. The Morgan fingerprint density at radius 2 is 1.86 bits per heavy atom. The number of nitrogen functional groups attached to an aromatic ring is 1. The predicted octanol–water partition coefficient (Wildman–Crippen LogP) is 6.59. The van der Waals surface area contributed by atoms with Crippen molar-refractivity contribution in [2.24, 2.45) is 10.7 Å². The number of aliphatic imine (C=N–C) groups is 1. The zero-order chi connectivity index (χ0) is 32.3. The van der Waals surface area contributed by atoms with Crippen LogP contribution in [0.5, 0.6) is 0 Å². The van der Waals surface area contributed by atoms with Crippen molar-refractivity contribution in [3.63, 3.8) is 0 Å². The van der Waals surface area contributed by atoms with Crippen LogP contribution in [0, 0.1) is 22.9 Å². The highest BCUT2D eigenvalue weighted by Crippen LogP contribution is 2.48. The monoisotopic (exact) mass is 636 g/mol. The normalized spacial score (nSPS) is 16.9. The Bertz CT molecular complexity index is 1610. The molecule has 4 rings (SSSR count). The van der Waals surface area contributed by atoms with Gasteiger partial charge in [-0.25, -0.2) is 13.2 Å². The van der Waals surface area contributed by atoms with Gasteiger partial charge < -0.3 is 11.1 Å². The molecule has 1 aliphatic rings. The zero-order valence-electron chi connectivity index (χ0n) is 24.0. The number of thioether (sulfide) groups is 1. The molecular formula is C30H30F6N6OS. The van der Waals surface area contributed by atoms with Crippen molar-refractivity contribution < 1.29 is 31.1 Å². The maximum Gasteiger partial charge on any atom is 0.435 e. The molecule has 0 saturated carbocycles. The van der Waals surface area contributed by atoms with Gasteiger partial charge in [-0.2, -0.15) is 18.3 Å². The van der Waals surface area contributed by atoms with E-state index in [2.05, 4.69) is 15.4 Å². The number of carbonyl (C=O) groups excluding carboxylic acids is 1. The van der Waals surface area contributed by atoms with E-state index in [9.17, 15) is 31.1 Å². The maximum absolute atomic E-state index is 14.3. The molecular weight excluding hydrogens is 606 g/mol. The Morgan fingerprint density at radius 1 is 1.20 bits per heavy atom. The van der Waals surface area contributed by atoms with E-state index in [-0.39, 0.29) is 40.6 Å². The van der Waals surface area contributed by atoms with Crippen LogP contribution in [0.1, 0.15) is 66.6 Å². The third kappa shape index (κ3) is 7.52. The Hall–Kier alpha value is -4.07. The van der Waals surface area contributed by atoms with Crippen LogP contribution in [0.2, 0.25) is 0 Å². The maximum atomic E-state index is 14.3. The van der Waals surface area contributed by atoms with Crippen molar-refractivity contribution in [1.82, 2.24) is 15.1 Å². The summed E-state index contributed by atoms with van der Waals surface area (Å²) in [5.41, 5.74) is 5.78. The number of nitrogens with two attached hydrogens (primary N) is 1. The number of rotatable bonds is 11. The SMILES string of the molecule is CC=N/C(=C(\C)c1ccc(F)c(C(=N)N)c1)C(Cc1cc(F)cc(F)c1)NC(=O)C(CC)n1nc(C(F)(F)F)cc1C1CS1. The molecule has 0 aliphatic carbocycles. The van der Waals surface area contributed by atoms with Crippen LogP contribution >= 0.6 is 11.8 Å². The van der Waals surface area contributed by atoms with Gasteiger partial charge in [0.25, 0.3) is 0 Å². The Morgan fingerprint density at radius 3 is 2.41 bits per heavy atom. The van der Waals surface area contributed by atoms with Gasteiger partial charge in [-0.3, -0.25) is 19.9 Å². The van der Waals surface area contributed by atoms with Crippen LogP contribution in [0.15, 0.2) is 53.2 Å². The molecule has 0 spiro atoms. The third-order valence-corrected chi connectivity index (χ3v) is 7.96. The number of amidine groups is 1. The van der Waals surface area contributed by atoms with E-state index in [1.54, 1.807) is 20.8 Å². The lowest BCUT2D eigenvalue weighted by Crippen LogP contribution is -2.42. The number of benzene rings is 2. The average Bonchev–Trinajstić information content (AvgIpc) is 3.68. The van der Waals surface area contributed by atoms with E-state index in [1.807, 2.05) is 0 Å². The number of nitrogens with zero attached hydrogens (tertiary/aromatic N) is 3. The number of aromatic nitrogens is 2. The van der Waals surface area contributed by atoms with E-state index >= 15 is 0 Å². The molecule has 44 heavy (non-hydrogen) atoms. The predicted molar refractivity (Wildman–Crippen MR) is 158 cm³/mol. The van der Waals surface area contributed by atoms with Crippen LogP contribution in [0.25, 0.3) is 5.57 Å². The molecule has 4 N–H and O–H groups in total. The molecule has 1 fully saturated rings. The summed E-state index contributed by atoms with van der Waals surface area (Å²) in [5, 5.41) is 14.0. The molecule has 3 aromatic rings. The summed E-state index contributed by atoms with van der Waals surface area (Å²) >= 11 is 1.43. The number of allylic oxidation sites excluding steroid dienone is 1. The van der Waals surface area contributed by atoms with Crippen molar-refractivity contribution in [3.05, 3.63) is 93.7 Å². The minimum absolute atomic E-state index is 0.0888. The van der Waals surface area contributed by atoms with Crippen molar-refractivity contribution in [3.8, 4) is 0 Å². The fourth-order valence-corrected chi connectivity index (χ4v) is 5.49. The lowest BCUT2D eigenvalue weighted by atomic mass is 9.95. The molecule has 1 amide bonds. The molecule has 1 aliphatic heterocycles. The first-order valence-corrected chi connectivity index (χ1v) is 14.7. The number of hydrogen-bond acceptors (Lipinski definition) is 5. The molecule has 2 aromatic carbocycles. The van der Waals surface area contributed by atoms with Crippen molar-refractivity contribution in [2.45, 2.75) is 57.1 Å². The summed E-state index contributed by atoms with van der Waals surface area (Å²) in [4.78, 5) is 18.3. The Balaban J connectivity index is 1.80. The third-order valence-electron chi connectivity index (χ3n) is 7.05. The lowest BCUT2D eigenvalue weighted by Gasteiger charge is -2.25. The second-order valence-electron chi connectivity index (χ2n) is 10.2. The van der Waals surface area contributed by atoms with Crippen LogP contribution < -0.4 is 11.1 Å². The fraction of sp³-hybridized carbons (Fsp3) is 0.333. The molecule has 0 bridgehead atoms. The van der Waals surface area contributed by atoms with Gasteiger partial charge in [0, 0.05) is 18.0 Å². The highest BCUT2D eigenvalue weighted by Gasteiger charge is 2.40. The summed E-state index contributed by atoms with van der Waals surface area (Å²) in [7, 11) is 0. The molecule has 3 atom stereocenters. The van der Waals surface area contributed by atoms with E-state index in [1.165, 1.54) is 30.1 Å².